The minimum atomic E-state index is -0.681. The summed E-state index contributed by atoms with van der Waals surface area (Å²) in [6, 6.07) is 63.9. The molecule has 8 aromatic heterocycles. The van der Waals surface area contributed by atoms with E-state index in [1.807, 2.05) is 206 Å². The first kappa shape index (κ1) is 106. The summed E-state index contributed by atoms with van der Waals surface area (Å²) >= 11 is 12.0. The molecule has 37 nitrogen and oxygen atoms in total. The number of aromatic amines is 1. The number of nitrogens with one attached hydrogen (secondary N) is 6. The fourth-order valence-corrected chi connectivity index (χ4v) is 17.3. The third kappa shape index (κ3) is 33.2. The molecule has 12 N–H and O–H groups in total. The molecule has 14 rings (SSSR count). The standard InChI is InChI=1S/C35H34N8O5S2.C33H34ClN7O5S.C33H35N7O5S/c1-35(2,3)48-32(44)24(16-36)12-25-11-22-13-27-23(14-26(22)49-25)15-28(50-27)43(4)9-10-46-34(45)38-17-20-5-7-21(8-6-20)18-47-31-29-30(40-19-39-29)41-33(37)42-31;1-41(26-9-7-24(8-10-26)28-12-11-27(47-28)17-25(19-35)31(42)37-13-15-44-2)14-16-45-33(43)38-20-22-3-5-23(6-4-22)21-46-30-18-29(34)39-32(36)40-30;1-40(16-18-44-33(42)38-21-23-3-5-24(6-4-23)22-45-32-37-14-13-30(35)39-32)27-9-7-25(8-10-27)29-12-11-28(46-29)19-26(20-34)31(41)36-15-17-43-2/h5-8,11-15,19H,9-10,17-18H2,1-4H3,(H,38,45)(H3,37,39,40,41,42);3-12,17-18H,13-16,20-21H2,1-2H3,(H,37,42)(H,38,43)(H2,36,39,40);3-14,19H,15-18,21-22H2,1-2H3,(H,36,41)(H,38,42)(H2,35,37,39)/b24-12+;25-17+;26-19+. The molecular weight excluding hydrogens is 1920 g/mol. The molecule has 6 aromatic carbocycles. The monoisotopic (exact) mass is 2030 g/mol. The summed E-state index contributed by atoms with van der Waals surface area (Å²) in [4.78, 5) is 115. The summed E-state index contributed by atoms with van der Waals surface area (Å²) < 4.78 is 50.5. The number of imidazole rings is 1. The van der Waals surface area contributed by atoms with Crippen molar-refractivity contribution in [3.05, 3.63) is 264 Å². The number of likely N-dealkylation sites (N-methyl/N-ethyl adjacent to an activating group) is 3. The van der Waals surface area contributed by atoms with Crippen LogP contribution in [0.1, 0.15) is 68.8 Å². The van der Waals surface area contributed by atoms with Crippen LogP contribution < -0.4 is 72.7 Å². The highest BCUT2D eigenvalue weighted by molar-refractivity contribution is 7.23. The number of carbonyl (C=O) groups excluding carboxylic acids is 6. The topological polar surface area (TPSA) is 511 Å². The Labute approximate surface area is 844 Å². The van der Waals surface area contributed by atoms with Crippen molar-refractivity contribution < 1.29 is 71.4 Å². The average molecular weight is 2030 g/mol. The van der Waals surface area contributed by atoms with Crippen LogP contribution in [0.15, 0.2) is 211 Å². The zero-order valence-corrected chi connectivity index (χ0v) is 83.2. The number of thiophene rings is 4. The number of H-pyrrole nitrogens is 1. The number of nitriles is 3. The molecule has 14 aromatic rings. The van der Waals surface area contributed by atoms with E-state index in [1.165, 1.54) is 52.6 Å². The number of benzene rings is 6. The molecule has 0 saturated heterocycles. The number of ether oxygens (including phenoxy) is 9. The van der Waals surface area contributed by atoms with E-state index in [2.05, 4.69) is 84.7 Å². The van der Waals surface area contributed by atoms with Crippen LogP contribution in [0.3, 0.4) is 0 Å². The molecule has 0 bridgehead atoms. The van der Waals surface area contributed by atoms with E-state index in [4.69, 9.17) is 71.4 Å². The highest BCUT2D eigenvalue weighted by atomic mass is 35.5. The number of nitrogen functional groups attached to an aromatic ring is 3. The summed E-state index contributed by atoms with van der Waals surface area (Å²) in [5, 5.41) is 45.3. The number of aromatic nitrogens is 8. The number of nitrogens with two attached hydrogens (primary N) is 3. The lowest BCUT2D eigenvalue weighted by Crippen LogP contribution is -2.28. The molecule has 143 heavy (non-hydrogen) atoms. The maximum absolute atomic E-state index is 12.4. The molecule has 8 heterocycles. The van der Waals surface area contributed by atoms with Crippen LogP contribution in [0.25, 0.3) is 70.4 Å². The largest absolute Gasteiger partial charge is 0.473 e. The molecule has 42 heteroatoms. The normalized spacial score (nSPS) is 11.3. The average Bonchev–Trinajstić information content (AvgIpc) is 1.63. The van der Waals surface area contributed by atoms with Crippen molar-refractivity contribution >= 4 is 177 Å². The summed E-state index contributed by atoms with van der Waals surface area (Å²) in [6.45, 7) is 10.7. The van der Waals surface area contributed by atoms with Crippen LogP contribution in [-0.4, -0.2) is 183 Å². The molecule has 738 valence electrons. The van der Waals surface area contributed by atoms with E-state index in [-0.39, 0.29) is 78.7 Å². The van der Waals surface area contributed by atoms with Gasteiger partial charge >= 0.3 is 30.3 Å². The van der Waals surface area contributed by atoms with Gasteiger partial charge in [-0.2, -0.15) is 35.7 Å². The smallest absolute Gasteiger partial charge is 0.407 e. The highest BCUT2D eigenvalue weighted by Gasteiger charge is 2.23. The summed E-state index contributed by atoms with van der Waals surface area (Å²) in [7, 11) is 8.90. The molecule has 0 aliphatic carbocycles. The van der Waals surface area contributed by atoms with Crippen LogP contribution >= 0.6 is 56.9 Å². The Morgan fingerprint density at radius 1 is 0.469 bits per heavy atom. The van der Waals surface area contributed by atoms with E-state index in [0.717, 1.165) is 105 Å². The van der Waals surface area contributed by atoms with Crippen molar-refractivity contribution in [2.45, 2.75) is 65.8 Å². The summed E-state index contributed by atoms with van der Waals surface area (Å²) in [5.41, 5.74) is 26.8. The van der Waals surface area contributed by atoms with Crippen molar-refractivity contribution in [3.8, 4) is 56.9 Å². The SMILES string of the molecule is CN(CCOC(=O)NCc1ccc(COc2nc(N)nc3nc[nH]c23)cc1)c1cc2cc3sc(/C=C(\C#N)C(=O)OC(C)(C)C)cc3cc2s1.COCCNC(=O)/C(C#N)=C/c1ccc(-c2ccc(N(C)CCOC(=O)NCc3ccc(COc4cc(Cl)nc(N)n4)cc3)cc2)s1.COCCNC(=O)/C(C#N)=C/c1ccc(-c2ccc(N(C)CCOC(=O)NCc3ccc(COc4nccc(N)n4)cc3)cc2)s1. The number of anilines is 6. The Hall–Kier alpha value is -16.3. The van der Waals surface area contributed by atoms with Gasteiger partial charge in [-0.1, -0.05) is 109 Å². The second kappa shape index (κ2) is 52.6. The molecule has 0 radical (unpaired) electrons. The molecule has 0 saturated carbocycles. The Morgan fingerprint density at radius 3 is 1.40 bits per heavy atom. The highest BCUT2D eigenvalue weighted by Crippen LogP contribution is 2.39. The first-order valence-corrected chi connectivity index (χ1v) is 48.0. The van der Waals surface area contributed by atoms with Gasteiger partial charge in [0.05, 0.1) is 44.2 Å². The van der Waals surface area contributed by atoms with Crippen LogP contribution in [-0.2, 0) is 82.3 Å². The second-order valence-electron chi connectivity index (χ2n) is 32.4. The Balaban J connectivity index is 0.000000192. The number of amides is 5. The third-order valence-corrected chi connectivity index (χ3v) is 25.2. The summed E-state index contributed by atoms with van der Waals surface area (Å²) in [6.07, 6.45) is 6.29. The van der Waals surface area contributed by atoms with Crippen molar-refractivity contribution in [2.75, 3.05) is 133 Å². The zero-order chi connectivity index (χ0) is 102. The van der Waals surface area contributed by atoms with Gasteiger partial charge in [-0.25, -0.2) is 34.1 Å². The van der Waals surface area contributed by atoms with E-state index in [9.17, 15) is 44.6 Å². The predicted molar refractivity (Wildman–Crippen MR) is 554 cm³/mol. The Kier molecular flexibility index (Phi) is 38.8. The fraction of sp³-hybridized carbons (Fsp3) is 0.248. The number of halogens is 1. The van der Waals surface area contributed by atoms with Crippen LogP contribution in [0.4, 0.5) is 48.5 Å². The zero-order valence-electron chi connectivity index (χ0n) is 79.2. The molecule has 0 aliphatic heterocycles. The number of hydrogen-bond donors (Lipinski definition) is 9. The summed E-state index contributed by atoms with van der Waals surface area (Å²) in [5.74, 6) is -0.413. The quantitative estimate of drug-likeness (QED) is 0.00429. The predicted octanol–water partition coefficient (Wildman–Crippen LogP) is 16.0. The van der Waals surface area contributed by atoms with Crippen molar-refractivity contribution in [1.82, 2.24) is 66.5 Å². The first-order chi connectivity index (χ1) is 69.0. The van der Waals surface area contributed by atoms with Crippen molar-refractivity contribution in [3.63, 3.8) is 0 Å². The molecular formula is C101H103ClN22O15S4. The molecule has 0 aliphatic rings. The van der Waals surface area contributed by atoms with Gasteiger partial charge in [0.2, 0.25) is 23.7 Å². The van der Waals surface area contributed by atoms with E-state index in [0.29, 0.717) is 95.0 Å². The number of nitrogens with zero attached hydrogens (tertiary/aromatic N) is 13. The minimum Gasteiger partial charge on any atom is -0.473 e. The molecule has 0 atom stereocenters. The lowest BCUT2D eigenvalue weighted by molar-refractivity contribution is -0.149. The number of esters is 1. The number of alkyl carbamates (subject to hydrolysis) is 3. The molecule has 0 spiro atoms. The van der Waals surface area contributed by atoms with Gasteiger partial charge in [-0.15, -0.1) is 45.3 Å². The number of methoxy groups -OCH3 is 2. The Morgan fingerprint density at radius 2 is 0.923 bits per heavy atom. The van der Waals surface area contributed by atoms with E-state index in [1.54, 1.807) is 70.6 Å². The van der Waals surface area contributed by atoms with E-state index >= 15 is 0 Å². The third-order valence-electron chi connectivity index (χ3n) is 20.6. The van der Waals surface area contributed by atoms with Gasteiger partial charge in [-0.3, -0.25) is 9.59 Å². The Bertz CT molecular complexity index is 6880. The number of hydrogen-bond acceptors (Lipinski definition) is 35. The van der Waals surface area contributed by atoms with Gasteiger partial charge in [-0.05, 0) is 173 Å². The van der Waals surface area contributed by atoms with Crippen molar-refractivity contribution in [2.24, 2.45) is 0 Å². The molecule has 0 unspecified atom stereocenters. The van der Waals surface area contributed by atoms with Crippen LogP contribution in [0.5, 0.6) is 17.8 Å². The van der Waals surface area contributed by atoms with Crippen molar-refractivity contribution in [1.29, 1.82) is 15.8 Å². The first-order valence-electron chi connectivity index (χ1n) is 44.4. The fourth-order valence-electron chi connectivity index (χ4n) is 13.1. The lowest BCUT2D eigenvalue weighted by Gasteiger charge is -2.19. The maximum atomic E-state index is 12.4. The van der Waals surface area contributed by atoms with Gasteiger partial charge in [0.25, 0.3) is 11.8 Å². The maximum Gasteiger partial charge on any atom is 0.407 e. The van der Waals surface area contributed by atoms with Gasteiger partial charge in [0, 0.05) is 126 Å². The van der Waals surface area contributed by atoms with Gasteiger partial charge in [0.15, 0.2) is 5.65 Å². The minimum absolute atomic E-state index is 0.0343. The molecule has 5 amide bonds. The number of carbonyl (C=O) groups is 6. The van der Waals surface area contributed by atoms with Crippen LogP contribution in [0.2, 0.25) is 5.15 Å². The molecule has 0 fully saturated rings. The van der Waals surface area contributed by atoms with E-state index < -0.39 is 41.7 Å². The number of fused-ring (bicyclic) bond motifs is 3. The van der Waals surface area contributed by atoms with Gasteiger partial charge in [0.1, 0.15) is 96.7 Å². The number of rotatable bonds is 41. The van der Waals surface area contributed by atoms with Gasteiger partial charge < -0.3 is 106 Å². The van der Waals surface area contributed by atoms with Crippen LogP contribution in [0, 0.1) is 34.0 Å². The lowest BCUT2D eigenvalue weighted by atomic mass is 10.1. The second-order valence-corrected chi connectivity index (χ2v) is 37.2.